The monoisotopic (exact) mass is 1500 g/mol. The van der Waals surface area contributed by atoms with Gasteiger partial charge >= 0.3 is 107 Å². The first kappa shape index (κ1) is 86.8. The lowest BCUT2D eigenvalue weighted by atomic mass is 10.1. The Bertz CT molecular complexity index is 3930. The van der Waals surface area contributed by atoms with E-state index >= 15 is 0 Å². The Morgan fingerprint density at radius 1 is 0.236 bits per heavy atom. The summed E-state index contributed by atoms with van der Waals surface area (Å²) in [6.45, 7) is 4.91. The highest BCUT2D eigenvalue weighted by molar-refractivity contribution is 5.93. The van der Waals surface area contributed by atoms with Crippen LogP contribution in [0, 0.1) is 0 Å². The Labute approximate surface area is 591 Å². The Morgan fingerprint density at radius 2 is 0.425 bits per heavy atom. The molecule has 0 saturated carbocycles. The molecule has 0 unspecified atom stereocenters. The van der Waals surface area contributed by atoms with Crippen LogP contribution in [0.15, 0.2) is 84.9 Å². The Kier molecular flexibility index (Phi) is 33.0. The third kappa shape index (κ3) is 28.2. The normalized spacial score (nSPS) is 14.2. The predicted molar refractivity (Wildman–Crippen MR) is 333 cm³/mol. The molecule has 106 heavy (non-hydrogen) atoms. The van der Waals surface area contributed by atoms with Gasteiger partial charge in [0, 0.05) is 53.7 Å². The van der Waals surface area contributed by atoms with Crippen molar-refractivity contribution in [3.63, 3.8) is 0 Å². The van der Waals surface area contributed by atoms with Gasteiger partial charge in [-0.05, 0) is 70.8 Å². The summed E-state index contributed by atoms with van der Waals surface area (Å²) >= 11 is 0. The number of esters is 12. The third-order valence-electron chi connectivity index (χ3n) is 12.2. The number of rotatable bonds is 34. The molecule has 0 spiro atoms. The molecule has 42 heteroatoms. The third-order valence-corrected chi connectivity index (χ3v) is 12.2. The van der Waals surface area contributed by atoms with Gasteiger partial charge in [-0.15, -0.1) is 0 Å². The van der Waals surface area contributed by atoms with Gasteiger partial charge in [0.05, 0.1) is 0 Å². The molecule has 0 heterocycles. The molecule has 0 bridgehead atoms. The van der Waals surface area contributed by atoms with Crippen molar-refractivity contribution in [3.8, 4) is 34.5 Å². The molecule has 0 saturated heterocycles. The minimum atomic E-state index is -2.55. The van der Waals surface area contributed by atoms with Crippen LogP contribution in [0.1, 0.15) is 63.8 Å². The topological polar surface area (TPSA) is 661 Å². The van der Waals surface area contributed by atoms with E-state index in [9.17, 15) is 132 Å². The molecule has 0 amide bonds. The summed E-state index contributed by atoms with van der Waals surface area (Å²) in [5, 5.41) is 112. The van der Waals surface area contributed by atoms with Crippen LogP contribution >= 0.6 is 0 Å². The maximum atomic E-state index is 13.3. The minimum Gasteiger partial charge on any atom is -0.479 e. The maximum absolute atomic E-state index is 13.3. The lowest BCUT2D eigenvalue weighted by Gasteiger charge is -2.22. The Hall–Kier alpha value is -13.4. The predicted octanol–water partition coefficient (Wildman–Crippen LogP) is -2.59. The standard InChI is InChI=1S/C38H36O24.C26H24O18/c1-16(39)54-27(33(45)46)30(57-19(4)42)36(51)60-24-11-9-22(10-12-24)7-8-23-13-25(61-37(52)31(58-20(5)43)28(34(47)48)55-17(2)40)15-26(14-23)62-38(53)32(59-21(6)44)29(35(49)50)56-18(3)41;27-15(21(33)34)18(30)24(39)42-12-5-3-10(4-6-12)1-2-11-7-13(43-25(40)19(31)16(28)22(35)36)9-14(8-11)44-26(41)20(32)17(29)23(37)38/h7-15,27-32H,1-6H3,(H,45,46)(H,47,48)(H,49,50);1-9,15-20,27-32H,(H,33,34)(H,35,36)(H,37,38)/b8-7+;2-1+/t27-,28+,29+,30+,31+,32+;15-,16+,17+,18+,19+,20+/m00/s1. The van der Waals surface area contributed by atoms with Gasteiger partial charge in [0.2, 0.25) is 36.6 Å². The summed E-state index contributed by atoms with van der Waals surface area (Å²) < 4.78 is 58.2. The summed E-state index contributed by atoms with van der Waals surface area (Å²) in [5.74, 6) is -30.3. The number of carbonyl (C=O) groups is 18. The summed E-state index contributed by atoms with van der Waals surface area (Å²) in [7, 11) is 0. The van der Waals surface area contributed by atoms with Crippen LogP contribution in [0.25, 0.3) is 24.3 Å². The fourth-order valence-corrected chi connectivity index (χ4v) is 7.64. The van der Waals surface area contributed by atoms with Gasteiger partial charge in [-0.3, -0.25) is 28.8 Å². The maximum Gasteiger partial charge on any atom is 0.357 e. The van der Waals surface area contributed by atoms with Gasteiger partial charge in [0.1, 0.15) is 34.5 Å². The average Bonchev–Trinajstić information content (AvgIpc) is 0.853. The van der Waals surface area contributed by atoms with Crippen LogP contribution in [0.3, 0.4) is 0 Å². The number of hydrogen-bond acceptors (Lipinski definition) is 36. The van der Waals surface area contributed by atoms with E-state index in [-0.39, 0.29) is 22.6 Å². The first-order valence-corrected chi connectivity index (χ1v) is 29.0. The van der Waals surface area contributed by atoms with E-state index in [1.807, 2.05) is 0 Å². The molecule has 0 aliphatic rings. The largest absolute Gasteiger partial charge is 0.479 e. The first-order valence-electron chi connectivity index (χ1n) is 29.0. The molecule has 42 nitrogen and oxygen atoms in total. The highest BCUT2D eigenvalue weighted by atomic mass is 16.7. The number of carboxylic acid groups (broad SMARTS) is 6. The molecule has 0 aliphatic carbocycles. The number of carbonyl (C=O) groups excluding carboxylic acids is 12. The quantitative estimate of drug-likeness (QED) is 0.00988. The van der Waals surface area contributed by atoms with E-state index < -0.39 is 204 Å². The van der Waals surface area contributed by atoms with E-state index in [1.165, 1.54) is 72.8 Å². The van der Waals surface area contributed by atoms with Crippen molar-refractivity contribution in [2.75, 3.05) is 0 Å². The van der Waals surface area contributed by atoms with Crippen LogP contribution in [0.2, 0.25) is 0 Å². The number of benzene rings is 4. The molecule has 4 aromatic rings. The fourth-order valence-electron chi connectivity index (χ4n) is 7.64. The minimum absolute atomic E-state index is 0.0272. The fraction of sp³-hybridized carbons (Fsp3) is 0.281. The van der Waals surface area contributed by atoms with Crippen molar-refractivity contribution in [3.05, 3.63) is 107 Å². The highest BCUT2D eigenvalue weighted by Crippen LogP contribution is 2.30. The van der Waals surface area contributed by atoms with E-state index in [0.29, 0.717) is 11.1 Å². The second-order valence-corrected chi connectivity index (χ2v) is 20.7. The van der Waals surface area contributed by atoms with Crippen molar-refractivity contribution in [1.29, 1.82) is 0 Å². The van der Waals surface area contributed by atoms with Gasteiger partial charge in [0.25, 0.3) is 0 Å². The lowest BCUT2D eigenvalue weighted by molar-refractivity contribution is -0.185. The number of aliphatic hydroxyl groups is 6. The number of aliphatic hydroxyl groups excluding tert-OH is 6. The van der Waals surface area contributed by atoms with E-state index in [1.54, 1.807) is 0 Å². The molecule has 0 radical (unpaired) electrons. The second kappa shape index (κ2) is 40.3. The van der Waals surface area contributed by atoms with Crippen molar-refractivity contribution in [2.45, 2.75) is 115 Å². The molecule has 0 fully saturated rings. The summed E-state index contributed by atoms with van der Waals surface area (Å²) in [4.78, 5) is 213. The number of hydrogen-bond donors (Lipinski definition) is 12. The van der Waals surface area contributed by atoms with Crippen molar-refractivity contribution in [1.82, 2.24) is 0 Å². The van der Waals surface area contributed by atoms with E-state index in [4.69, 9.17) is 58.0 Å². The Morgan fingerprint density at radius 3 is 0.632 bits per heavy atom. The van der Waals surface area contributed by atoms with Crippen molar-refractivity contribution >= 4 is 132 Å². The summed E-state index contributed by atoms with van der Waals surface area (Å²) in [6.07, 6.45) is -23.7. The molecule has 4 rings (SSSR count). The van der Waals surface area contributed by atoms with Crippen LogP contribution in [0.5, 0.6) is 34.5 Å². The van der Waals surface area contributed by atoms with Gasteiger partial charge in [-0.2, -0.15) is 0 Å². The van der Waals surface area contributed by atoms with E-state index in [2.05, 4.69) is 14.2 Å². The lowest BCUT2D eigenvalue weighted by Crippen LogP contribution is -2.47. The average molecular weight is 1500 g/mol. The zero-order chi connectivity index (χ0) is 80.3. The molecular weight excluding hydrogens is 1440 g/mol. The molecule has 12 N–H and O–H groups in total. The molecule has 0 aliphatic heterocycles. The zero-order valence-electron chi connectivity index (χ0n) is 54.9. The number of ether oxygens (including phenoxy) is 12. The number of carboxylic acids is 6. The van der Waals surface area contributed by atoms with Gasteiger partial charge in [-0.1, -0.05) is 48.6 Å². The number of aliphatic carboxylic acids is 6. The van der Waals surface area contributed by atoms with Crippen molar-refractivity contribution in [2.24, 2.45) is 0 Å². The van der Waals surface area contributed by atoms with Gasteiger partial charge in [0.15, 0.2) is 36.6 Å². The van der Waals surface area contributed by atoms with Crippen LogP contribution < -0.4 is 28.4 Å². The van der Waals surface area contributed by atoms with Gasteiger partial charge < -0.3 is 118 Å². The van der Waals surface area contributed by atoms with Gasteiger partial charge in [-0.25, -0.2) is 57.5 Å². The van der Waals surface area contributed by atoms with Crippen LogP contribution in [-0.2, 0) is 115 Å². The molecule has 0 aromatic heterocycles. The van der Waals surface area contributed by atoms with E-state index in [0.717, 1.165) is 77.9 Å². The van der Waals surface area contributed by atoms with Crippen molar-refractivity contribution < 1.29 is 204 Å². The molecule has 4 aromatic carbocycles. The molecule has 12 atom stereocenters. The highest BCUT2D eigenvalue weighted by Gasteiger charge is 2.44. The summed E-state index contributed by atoms with van der Waals surface area (Å²) in [5.41, 5.74) is 0.755. The zero-order valence-corrected chi connectivity index (χ0v) is 54.9. The van der Waals surface area contributed by atoms with Crippen LogP contribution in [-0.4, -0.2) is 242 Å². The SMILES string of the molecule is CC(=O)O[C@H](C(=O)O)[C@@H](OC(C)=O)C(=O)Oc1ccc(/C=C/c2cc(OC(=O)[C@H](OC(C)=O)[C@@H](OC(C)=O)C(=O)O)cc(OC(=O)[C@H](OC(C)=O)[C@@H](OC(C)=O)C(=O)O)c2)cc1.O=C(O)[C@@H](O)[C@@H](O)C(=O)Oc1ccc(/C=C/c2cc(OC(=O)[C@H](O)[C@@H](O)C(=O)O)cc(OC(=O)[C@H](O)[C@@H](O)C(=O)O)c2)cc1. The Balaban J connectivity index is 0.000000583. The summed E-state index contributed by atoms with van der Waals surface area (Å²) in [6, 6.07) is 16.3. The van der Waals surface area contributed by atoms with Crippen LogP contribution in [0.4, 0.5) is 0 Å². The molecular formula is C64H60O42. The smallest absolute Gasteiger partial charge is 0.357 e. The second-order valence-electron chi connectivity index (χ2n) is 20.7. The molecule has 568 valence electrons. The first-order chi connectivity index (χ1) is 49.4.